The van der Waals surface area contributed by atoms with E-state index in [-0.39, 0.29) is 11.5 Å². The molecule has 130 valence electrons. The van der Waals surface area contributed by atoms with Crippen molar-refractivity contribution in [2.75, 3.05) is 19.5 Å². The van der Waals surface area contributed by atoms with Gasteiger partial charge in [0, 0.05) is 19.2 Å². The molecule has 1 heterocycles. The van der Waals surface area contributed by atoms with Crippen LogP contribution in [-0.2, 0) is 11.3 Å². The smallest absolute Gasteiger partial charge is 0.173 e. The maximum Gasteiger partial charge on any atom is 0.173 e. The molecular weight excluding hydrogens is 379 g/mol. The predicted octanol–water partition coefficient (Wildman–Crippen LogP) is 4.96. The number of fused-ring (bicyclic) bond motifs is 1. The molecular formula is C18H16Cl2N2O2S. The summed E-state index contributed by atoms with van der Waals surface area (Å²) in [5.74, 6) is 0.253. The molecule has 4 nitrogen and oxygen atoms in total. The summed E-state index contributed by atoms with van der Waals surface area (Å²) in [6.45, 7) is 1.26. The van der Waals surface area contributed by atoms with Crippen LogP contribution in [0.2, 0.25) is 10.0 Å². The lowest BCUT2D eigenvalue weighted by Crippen LogP contribution is -2.08. The average molecular weight is 395 g/mol. The third-order valence-electron chi connectivity index (χ3n) is 3.71. The molecule has 0 saturated heterocycles. The number of nitrogens with zero attached hydrogens (tertiary/aromatic N) is 2. The largest absolute Gasteiger partial charge is 0.383 e. The molecule has 0 aliphatic rings. The van der Waals surface area contributed by atoms with Crippen molar-refractivity contribution in [3.63, 3.8) is 0 Å². The van der Waals surface area contributed by atoms with Gasteiger partial charge in [0.1, 0.15) is 0 Å². The van der Waals surface area contributed by atoms with E-state index in [1.165, 1.54) is 11.8 Å². The van der Waals surface area contributed by atoms with Gasteiger partial charge < -0.3 is 9.30 Å². The Morgan fingerprint density at radius 3 is 2.76 bits per heavy atom. The summed E-state index contributed by atoms with van der Waals surface area (Å²) in [6.07, 6.45) is 0. The number of ketones is 1. The number of methoxy groups -OCH3 is 1. The zero-order chi connectivity index (χ0) is 17.8. The minimum absolute atomic E-state index is 0.0195. The molecule has 7 heteroatoms. The molecule has 2 aromatic carbocycles. The van der Waals surface area contributed by atoms with Gasteiger partial charge in [0.25, 0.3) is 0 Å². The van der Waals surface area contributed by atoms with Crippen LogP contribution >= 0.6 is 35.0 Å². The van der Waals surface area contributed by atoms with Crippen LogP contribution in [0.5, 0.6) is 0 Å². The van der Waals surface area contributed by atoms with Gasteiger partial charge in [-0.15, -0.1) is 0 Å². The SMILES string of the molecule is COCCn1c(SCC(=O)c2ccc(Cl)c(Cl)c2)nc2ccccc21. The number of rotatable bonds is 7. The number of para-hydroxylation sites is 2. The maximum atomic E-state index is 12.4. The second-order valence-electron chi connectivity index (χ2n) is 5.37. The second-order valence-corrected chi connectivity index (χ2v) is 7.13. The fourth-order valence-corrected chi connectivity index (χ4v) is 3.68. The van der Waals surface area contributed by atoms with E-state index in [0.29, 0.717) is 28.8 Å². The first-order chi connectivity index (χ1) is 12.1. The first kappa shape index (κ1) is 18.3. The van der Waals surface area contributed by atoms with Crippen molar-refractivity contribution in [2.24, 2.45) is 0 Å². The van der Waals surface area contributed by atoms with Crippen molar-refractivity contribution in [2.45, 2.75) is 11.7 Å². The molecule has 1 aromatic heterocycles. The van der Waals surface area contributed by atoms with Crippen molar-refractivity contribution in [3.8, 4) is 0 Å². The molecule has 0 spiro atoms. The quantitative estimate of drug-likeness (QED) is 0.419. The van der Waals surface area contributed by atoms with Crippen molar-refractivity contribution < 1.29 is 9.53 Å². The average Bonchev–Trinajstić information content (AvgIpc) is 2.97. The number of thioether (sulfide) groups is 1. The van der Waals surface area contributed by atoms with Gasteiger partial charge in [-0.05, 0) is 30.3 Å². The van der Waals surface area contributed by atoms with E-state index in [1.807, 2.05) is 24.3 Å². The molecule has 0 unspecified atom stereocenters. The molecule has 0 bridgehead atoms. The summed E-state index contributed by atoms with van der Waals surface area (Å²) in [5.41, 5.74) is 2.48. The molecule has 0 saturated carbocycles. The van der Waals surface area contributed by atoms with Crippen molar-refractivity contribution in [3.05, 3.63) is 58.1 Å². The van der Waals surface area contributed by atoms with Gasteiger partial charge in [0.2, 0.25) is 0 Å². The Labute approximate surface area is 160 Å². The minimum atomic E-state index is -0.0195. The Balaban J connectivity index is 1.80. The Morgan fingerprint density at radius 2 is 2.00 bits per heavy atom. The van der Waals surface area contributed by atoms with Crippen LogP contribution in [0.1, 0.15) is 10.4 Å². The molecule has 0 amide bonds. The molecule has 0 fully saturated rings. The third kappa shape index (κ3) is 4.18. The lowest BCUT2D eigenvalue weighted by atomic mass is 10.1. The van der Waals surface area contributed by atoms with Gasteiger partial charge in [0.15, 0.2) is 10.9 Å². The lowest BCUT2D eigenvalue weighted by molar-refractivity contribution is 0.102. The highest BCUT2D eigenvalue weighted by Gasteiger charge is 2.14. The van der Waals surface area contributed by atoms with Crippen molar-refractivity contribution >= 4 is 51.8 Å². The van der Waals surface area contributed by atoms with Gasteiger partial charge in [-0.25, -0.2) is 4.98 Å². The maximum absolute atomic E-state index is 12.4. The minimum Gasteiger partial charge on any atom is -0.383 e. The van der Waals surface area contributed by atoms with E-state index in [2.05, 4.69) is 9.55 Å². The molecule has 0 radical (unpaired) electrons. The number of aromatic nitrogens is 2. The standard InChI is InChI=1S/C18H16Cl2N2O2S/c1-24-9-8-22-16-5-3-2-4-15(16)21-18(22)25-11-17(23)12-6-7-13(19)14(20)10-12/h2-7,10H,8-9,11H2,1H3. The molecule has 0 aliphatic heterocycles. The van der Waals surface area contributed by atoms with Crippen LogP contribution in [0.3, 0.4) is 0 Å². The zero-order valence-corrected chi connectivity index (χ0v) is 15.9. The van der Waals surface area contributed by atoms with E-state index >= 15 is 0 Å². The zero-order valence-electron chi connectivity index (χ0n) is 13.5. The van der Waals surface area contributed by atoms with Crippen molar-refractivity contribution in [1.82, 2.24) is 9.55 Å². The number of carbonyl (C=O) groups is 1. The Bertz CT molecular complexity index is 911. The summed E-state index contributed by atoms with van der Waals surface area (Å²) < 4.78 is 7.26. The Hall–Kier alpha value is -1.53. The lowest BCUT2D eigenvalue weighted by Gasteiger charge is -2.08. The van der Waals surface area contributed by atoms with Gasteiger partial charge >= 0.3 is 0 Å². The number of halogens is 2. The number of benzene rings is 2. The molecule has 3 rings (SSSR count). The Kier molecular flexibility index (Phi) is 6.02. The fraction of sp³-hybridized carbons (Fsp3) is 0.222. The van der Waals surface area contributed by atoms with Gasteiger partial charge in [-0.3, -0.25) is 4.79 Å². The van der Waals surface area contributed by atoms with Gasteiger partial charge in [0.05, 0.1) is 33.4 Å². The normalized spacial score (nSPS) is 11.2. The number of ether oxygens (including phenoxy) is 1. The van der Waals surface area contributed by atoms with Crippen LogP contribution in [0.4, 0.5) is 0 Å². The van der Waals surface area contributed by atoms with Crippen LogP contribution < -0.4 is 0 Å². The third-order valence-corrected chi connectivity index (χ3v) is 5.43. The molecule has 3 aromatic rings. The number of hydrogen-bond acceptors (Lipinski definition) is 4. The first-order valence-electron chi connectivity index (χ1n) is 7.65. The highest BCUT2D eigenvalue weighted by Crippen LogP contribution is 2.26. The van der Waals surface area contributed by atoms with Crippen LogP contribution in [-0.4, -0.2) is 34.8 Å². The molecule has 0 atom stereocenters. The van der Waals surface area contributed by atoms with Gasteiger partial charge in [-0.1, -0.05) is 47.1 Å². The summed E-state index contributed by atoms with van der Waals surface area (Å²) in [4.78, 5) is 17.1. The summed E-state index contributed by atoms with van der Waals surface area (Å²) in [5, 5.41) is 1.61. The van der Waals surface area contributed by atoms with Crippen LogP contribution in [0.25, 0.3) is 11.0 Å². The number of carbonyl (C=O) groups excluding carboxylic acids is 1. The molecule has 0 N–H and O–H groups in total. The number of hydrogen-bond donors (Lipinski definition) is 0. The topological polar surface area (TPSA) is 44.1 Å². The number of Topliss-reactive ketones (excluding diaryl/α,β-unsaturated/α-hetero) is 1. The fourth-order valence-electron chi connectivity index (χ4n) is 2.45. The number of imidazole rings is 1. The van der Waals surface area contributed by atoms with Crippen LogP contribution in [0.15, 0.2) is 47.6 Å². The predicted molar refractivity (Wildman–Crippen MR) is 103 cm³/mol. The highest BCUT2D eigenvalue weighted by atomic mass is 35.5. The van der Waals surface area contributed by atoms with Gasteiger partial charge in [-0.2, -0.15) is 0 Å². The van der Waals surface area contributed by atoms with Crippen molar-refractivity contribution in [1.29, 1.82) is 0 Å². The van der Waals surface area contributed by atoms with Crippen LogP contribution in [0, 0.1) is 0 Å². The van der Waals surface area contributed by atoms with E-state index < -0.39 is 0 Å². The first-order valence-corrected chi connectivity index (χ1v) is 9.39. The molecule has 0 aliphatic carbocycles. The highest BCUT2D eigenvalue weighted by molar-refractivity contribution is 7.99. The second kappa shape index (κ2) is 8.23. The van der Waals surface area contributed by atoms with E-state index in [9.17, 15) is 4.79 Å². The summed E-state index contributed by atoms with van der Waals surface area (Å²) in [7, 11) is 1.67. The van der Waals surface area contributed by atoms with E-state index in [0.717, 1.165) is 16.2 Å². The van der Waals surface area contributed by atoms with E-state index in [4.69, 9.17) is 27.9 Å². The summed E-state index contributed by atoms with van der Waals surface area (Å²) in [6, 6.07) is 12.8. The molecule has 25 heavy (non-hydrogen) atoms. The Morgan fingerprint density at radius 1 is 1.20 bits per heavy atom. The monoisotopic (exact) mass is 394 g/mol. The van der Waals surface area contributed by atoms with E-state index in [1.54, 1.807) is 25.3 Å². The summed E-state index contributed by atoms with van der Waals surface area (Å²) >= 11 is 13.3.